The summed E-state index contributed by atoms with van der Waals surface area (Å²) in [5, 5.41) is 0. The van der Waals surface area contributed by atoms with Gasteiger partial charge in [-0.2, -0.15) is 12.7 Å². The number of nitrogens with one attached hydrogen (secondary N) is 1. The first-order chi connectivity index (χ1) is 9.53. The van der Waals surface area contributed by atoms with Gasteiger partial charge in [-0.05, 0) is 24.0 Å². The number of nitrogens with zero attached hydrogens (tertiary/aromatic N) is 1. The third kappa shape index (κ3) is 3.46. The van der Waals surface area contributed by atoms with Crippen molar-refractivity contribution in [2.45, 2.75) is 25.8 Å². The van der Waals surface area contributed by atoms with Crippen LogP contribution in [-0.2, 0) is 28.0 Å². The van der Waals surface area contributed by atoms with Gasteiger partial charge >= 0.3 is 10.2 Å². The van der Waals surface area contributed by atoms with E-state index >= 15 is 0 Å². The van der Waals surface area contributed by atoms with Crippen molar-refractivity contribution < 1.29 is 13.2 Å². The maximum absolute atomic E-state index is 12.1. The standard InChI is InChI=1S/C14H18N2O3S/c1-2-3-8-14(17)15-20(18,19)16-10-9-12-6-4-5-7-13(12)11-16/h2,4-7H,1,3,8-11H2,(H,15,17). The van der Waals surface area contributed by atoms with Crippen LogP contribution in [0.1, 0.15) is 24.0 Å². The predicted octanol–water partition coefficient (Wildman–Crippen LogP) is 1.37. The lowest BCUT2D eigenvalue weighted by Crippen LogP contribution is -2.45. The van der Waals surface area contributed by atoms with Gasteiger partial charge in [-0.1, -0.05) is 30.3 Å². The molecule has 108 valence electrons. The van der Waals surface area contributed by atoms with Crippen LogP contribution < -0.4 is 4.72 Å². The monoisotopic (exact) mass is 294 g/mol. The number of hydrogen-bond acceptors (Lipinski definition) is 3. The Morgan fingerprint density at radius 3 is 2.75 bits per heavy atom. The fourth-order valence-electron chi connectivity index (χ4n) is 2.17. The number of allylic oxidation sites excluding steroid dienone is 1. The highest BCUT2D eigenvalue weighted by molar-refractivity contribution is 7.87. The maximum atomic E-state index is 12.1. The topological polar surface area (TPSA) is 66.5 Å². The van der Waals surface area contributed by atoms with E-state index in [1.54, 1.807) is 6.08 Å². The molecule has 1 heterocycles. The first-order valence-electron chi connectivity index (χ1n) is 6.51. The molecule has 1 N–H and O–H groups in total. The second-order valence-electron chi connectivity index (χ2n) is 4.71. The maximum Gasteiger partial charge on any atom is 0.304 e. The second-order valence-corrected chi connectivity index (χ2v) is 6.38. The number of carbonyl (C=O) groups is 1. The molecular formula is C14H18N2O3S. The van der Waals surface area contributed by atoms with Crippen molar-refractivity contribution in [2.24, 2.45) is 0 Å². The molecule has 1 aliphatic heterocycles. The predicted molar refractivity (Wildman–Crippen MR) is 77.0 cm³/mol. The van der Waals surface area contributed by atoms with Crippen LogP contribution in [0.3, 0.4) is 0 Å². The molecule has 0 bridgehead atoms. The average Bonchev–Trinajstić information content (AvgIpc) is 2.44. The minimum Gasteiger partial charge on any atom is -0.274 e. The van der Waals surface area contributed by atoms with Crippen LogP contribution in [-0.4, -0.2) is 25.2 Å². The number of amides is 1. The zero-order chi connectivity index (χ0) is 14.6. The van der Waals surface area contributed by atoms with Crippen LogP contribution in [0, 0.1) is 0 Å². The zero-order valence-electron chi connectivity index (χ0n) is 11.2. The summed E-state index contributed by atoms with van der Waals surface area (Å²) < 4.78 is 27.7. The van der Waals surface area contributed by atoms with Crippen LogP contribution in [0.5, 0.6) is 0 Å². The van der Waals surface area contributed by atoms with Gasteiger partial charge in [0.2, 0.25) is 5.91 Å². The Kier molecular flexibility index (Phi) is 4.57. The minimum absolute atomic E-state index is 0.132. The molecule has 0 saturated heterocycles. The SMILES string of the molecule is C=CCCC(=O)NS(=O)(=O)N1CCc2ccccc2C1. The highest BCUT2D eigenvalue weighted by Gasteiger charge is 2.27. The molecule has 0 radical (unpaired) electrons. The third-order valence-corrected chi connectivity index (χ3v) is 4.73. The lowest BCUT2D eigenvalue weighted by Gasteiger charge is -2.27. The molecule has 1 aliphatic rings. The summed E-state index contributed by atoms with van der Waals surface area (Å²) in [7, 11) is -3.76. The summed E-state index contributed by atoms with van der Waals surface area (Å²) in [5.74, 6) is -0.497. The highest BCUT2D eigenvalue weighted by atomic mass is 32.2. The van der Waals surface area contributed by atoms with Gasteiger partial charge in [0.15, 0.2) is 0 Å². The first kappa shape index (κ1) is 14.7. The van der Waals surface area contributed by atoms with Crippen LogP contribution in [0.2, 0.25) is 0 Å². The van der Waals surface area contributed by atoms with Gasteiger partial charge in [0.1, 0.15) is 0 Å². The Labute approximate surface area is 119 Å². The van der Waals surface area contributed by atoms with Crippen LogP contribution in [0.4, 0.5) is 0 Å². The summed E-state index contributed by atoms with van der Waals surface area (Å²) in [5.41, 5.74) is 2.15. The van der Waals surface area contributed by atoms with Crippen molar-refractivity contribution in [3.05, 3.63) is 48.0 Å². The summed E-state index contributed by atoms with van der Waals surface area (Å²) in [6, 6.07) is 7.75. The van der Waals surface area contributed by atoms with Crippen molar-refractivity contribution in [2.75, 3.05) is 6.54 Å². The van der Waals surface area contributed by atoms with Crippen LogP contribution >= 0.6 is 0 Å². The Hall–Kier alpha value is -1.66. The van der Waals surface area contributed by atoms with Crippen molar-refractivity contribution in [1.29, 1.82) is 0 Å². The molecular weight excluding hydrogens is 276 g/mol. The zero-order valence-corrected chi connectivity index (χ0v) is 12.0. The van der Waals surface area contributed by atoms with E-state index in [9.17, 15) is 13.2 Å². The normalized spacial score (nSPS) is 15.4. The summed E-state index contributed by atoms with van der Waals surface area (Å²) in [6.45, 7) is 4.20. The molecule has 5 nitrogen and oxygen atoms in total. The molecule has 0 spiro atoms. The summed E-state index contributed by atoms with van der Waals surface area (Å²) in [6.07, 6.45) is 2.85. The summed E-state index contributed by atoms with van der Waals surface area (Å²) in [4.78, 5) is 11.5. The smallest absolute Gasteiger partial charge is 0.274 e. The fourth-order valence-corrected chi connectivity index (χ4v) is 3.33. The van der Waals surface area contributed by atoms with Gasteiger partial charge in [-0.25, -0.2) is 4.72 Å². The number of benzene rings is 1. The Morgan fingerprint density at radius 1 is 1.35 bits per heavy atom. The Morgan fingerprint density at radius 2 is 2.05 bits per heavy atom. The van der Waals surface area contributed by atoms with Crippen LogP contribution in [0.25, 0.3) is 0 Å². The molecule has 6 heteroatoms. The number of fused-ring (bicyclic) bond motifs is 1. The third-order valence-electron chi connectivity index (χ3n) is 3.25. The number of carbonyl (C=O) groups excluding carboxylic acids is 1. The lowest BCUT2D eigenvalue weighted by atomic mass is 10.0. The van der Waals surface area contributed by atoms with E-state index in [-0.39, 0.29) is 6.42 Å². The molecule has 0 unspecified atom stereocenters. The number of hydrogen-bond donors (Lipinski definition) is 1. The van der Waals surface area contributed by atoms with E-state index in [2.05, 4.69) is 11.3 Å². The van der Waals surface area contributed by atoms with Gasteiger partial charge in [-0.15, -0.1) is 6.58 Å². The molecule has 2 rings (SSSR count). The molecule has 0 aliphatic carbocycles. The molecule has 0 aromatic heterocycles. The van der Waals surface area contributed by atoms with Gasteiger partial charge < -0.3 is 0 Å². The van der Waals surface area contributed by atoms with E-state index in [1.165, 1.54) is 4.31 Å². The molecule has 0 saturated carbocycles. The van der Waals surface area contributed by atoms with Crippen molar-refractivity contribution in [1.82, 2.24) is 9.03 Å². The van der Waals surface area contributed by atoms with Gasteiger partial charge in [0, 0.05) is 19.5 Å². The molecule has 1 aromatic carbocycles. The van der Waals surface area contributed by atoms with E-state index in [0.717, 1.165) is 11.1 Å². The van der Waals surface area contributed by atoms with Crippen molar-refractivity contribution in [3.8, 4) is 0 Å². The van der Waals surface area contributed by atoms with Gasteiger partial charge in [0.25, 0.3) is 0 Å². The Bertz CT molecular complexity index is 611. The fraction of sp³-hybridized carbons (Fsp3) is 0.357. The minimum atomic E-state index is -3.76. The van der Waals surface area contributed by atoms with Crippen molar-refractivity contribution in [3.63, 3.8) is 0 Å². The lowest BCUT2D eigenvalue weighted by molar-refractivity contribution is -0.119. The van der Waals surface area contributed by atoms with Crippen LogP contribution in [0.15, 0.2) is 36.9 Å². The first-order valence-corrected chi connectivity index (χ1v) is 7.95. The van der Waals surface area contributed by atoms with E-state index in [0.29, 0.717) is 25.9 Å². The van der Waals surface area contributed by atoms with E-state index in [1.807, 2.05) is 24.3 Å². The molecule has 20 heavy (non-hydrogen) atoms. The van der Waals surface area contributed by atoms with Gasteiger partial charge in [-0.3, -0.25) is 4.79 Å². The van der Waals surface area contributed by atoms with Gasteiger partial charge in [0.05, 0.1) is 0 Å². The quantitative estimate of drug-likeness (QED) is 0.834. The molecule has 0 fully saturated rings. The average molecular weight is 294 g/mol. The Balaban J connectivity index is 2.05. The summed E-state index contributed by atoms with van der Waals surface area (Å²) >= 11 is 0. The largest absolute Gasteiger partial charge is 0.304 e. The number of rotatable bonds is 5. The van der Waals surface area contributed by atoms with Crippen molar-refractivity contribution >= 4 is 16.1 Å². The van der Waals surface area contributed by atoms with E-state index in [4.69, 9.17) is 0 Å². The van der Waals surface area contributed by atoms with E-state index < -0.39 is 16.1 Å². The molecule has 0 atom stereocenters. The second kappa shape index (κ2) is 6.19. The highest BCUT2D eigenvalue weighted by Crippen LogP contribution is 2.20. The molecule has 1 aromatic rings. The molecule has 1 amide bonds.